The molecule has 0 aromatic carbocycles. The molecule has 0 saturated carbocycles. The van der Waals surface area contributed by atoms with Crippen LogP contribution in [0, 0.1) is 0 Å². The molecule has 0 aliphatic heterocycles. The monoisotopic (exact) mass is 264 g/mol. The largest absolute Gasteiger partial charge is 0.466 e. The van der Waals surface area contributed by atoms with Crippen LogP contribution in [0.5, 0.6) is 0 Å². The number of nitrogens with zero attached hydrogens (tertiary/aromatic N) is 2. The second-order valence-corrected chi connectivity index (χ2v) is 4.38. The lowest BCUT2D eigenvalue weighted by Gasteiger charge is -2.26. The normalized spacial score (nSPS) is 10.3. The summed E-state index contributed by atoms with van der Waals surface area (Å²) in [5.41, 5.74) is 0.576. The molecule has 1 heterocycles. The molecule has 1 aromatic heterocycles. The second kappa shape index (κ2) is 7.51. The molecule has 0 saturated heterocycles. The zero-order valence-electron chi connectivity index (χ0n) is 11.6. The molecule has 0 aliphatic carbocycles. The standard InChI is InChI=1S/C14H20N2O3/c1-4-19-13(17)7-10-16(11(2)3)14(18)12-5-8-15-9-6-12/h5-6,8-9,11H,4,7,10H2,1-3H3. The number of ether oxygens (including phenoxy) is 1. The van der Waals surface area contributed by atoms with E-state index in [1.807, 2.05) is 13.8 Å². The molecule has 104 valence electrons. The van der Waals surface area contributed by atoms with E-state index < -0.39 is 0 Å². The molecule has 1 amide bonds. The quantitative estimate of drug-likeness (QED) is 0.736. The number of rotatable bonds is 6. The summed E-state index contributed by atoms with van der Waals surface area (Å²) in [7, 11) is 0. The summed E-state index contributed by atoms with van der Waals surface area (Å²) in [4.78, 5) is 29.2. The van der Waals surface area contributed by atoms with Crippen molar-refractivity contribution in [2.24, 2.45) is 0 Å². The summed E-state index contributed by atoms with van der Waals surface area (Å²) in [5.74, 6) is -0.377. The van der Waals surface area contributed by atoms with Crippen LogP contribution in [0.3, 0.4) is 0 Å². The van der Waals surface area contributed by atoms with Gasteiger partial charge in [0.2, 0.25) is 0 Å². The number of hydrogen-bond acceptors (Lipinski definition) is 4. The van der Waals surface area contributed by atoms with E-state index in [0.717, 1.165) is 0 Å². The molecule has 1 rings (SSSR count). The molecule has 1 aromatic rings. The number of carbonyl (C=O) groups is 2. The van der Waals surface area contributed by atoms with Crippen LogP contribution in [-0.4, -0.2) is 41.0 Å². The molecule has 5 nitrogen and oxygen atoms in total. The molecule has 5 heteroatoms. The Balaban J connectivity index is 2.68. The van der Waals surface area contributed by atoms with Gasteiger partial charge in [0.1, 0.15) is 0 Å². The molecule has 0 fully saturated rings. The summed E-state index contributed by atoms with van der Waals surface area (Å²) < 4.78 is 4.87. The number of amides is 1. The smallest absolute Gasteiger partial charge is 0.307 e. The fourth-order valence-electron chi connectivity index (χ4n) is 1.70. The van der Waals surface area contributed by atoms with Gasteiger partial charge >= 0.3 is 5.97 Å². The topological polar surface area (TPSA) is 59.5 Å². The van der Waals surface area contributed by atoms with Crippen LogP contribution >= 0.6 is 0 Å². The second-order valence-electron chi connectivity index (χ2n) is 4.38. The van der Waals surface area contributed by atoms with Gasteiger partial charge in [-0.05, 0) is 32.9 Å². The van der Waals surface area contributed by atoms with Gasteiger partial charge in [-0.1, -0.05) is 0 Å². The molecule has 0 unspecified atom stereocenters. The van der Waals surface area contributed by atoms with Crippen LogP contribution < -0.4 is 0 Å². The first kappa shape index (κ1) is 15.1. The maximum atomic E-state index is 12.3. The number of carbonyl (C=O) groups excluding carboxylic acids is 2. The highest BCUT2D eigenvalue weighted by molar-refractivity contribution is 5.94. The first-order valence-corrected chi connectivity index (χ1v) is 6.42. The Morgan fingerprint density at radius 2 is 1.95 bits per heavy atom. The molecule has 0 bridgehead atoms. The predicted molar refractivity (Wildman–Crippen MR) is 71.7 cm³/mol. The van der Waals surface area contributed by atoms with E-state index >= 15 is 0 Å². The van der Waals surface area contributed by atoms with E-state index in [1.165, 1.54) is 0 Å². The third-order valence-corrected chi connectivity index (χ3v) is 2.67. The fraction of sp³-hybridized carbons (Fsp3) is 0.500. The summed E-state index contributed by atoms with van der Waals surface area (Å²) in [6.07, 6.45) is 3.37. The van der Waals surface area contributed by atoms with Crippen molar-refractivity contribution >= 4 is 11.9 Å². The number of aromatic nitrogens is 1. The summed E-state index contributed by atoms with van der Waals surface area (Å²) in [6, 6.07) is 3.36. The lowest BCUT2D eigenvalue weighted by Crippen LogP contribution is -2.38. The molecule has 0 spiro atoms. The van der Waals surface area contributed by atoms with Crippen molar-refractivity contribution in [2.75, 3.05) is 13.2 Å². The van der Waals surface area contributed by atoms with Crippen molar-refractivity contribution in [3.63, 3.8) is 0 Å². The van der Waals surface area contributed by atoms with E-state index in [1.54, 1.807) is 36.4 Å². The SMILES string of the molecule is CCOC(=O)CCN(C(=O)c1ccncc1)C(C)C. The molecule has 0 atom stereocenters. The van der Waals surface area contributed by atoms with E-state index in [0.29, 0.717) is 18.7 Å². The van der Waals surface area contributed by atoms with Gasteiger partial charge < -0.3 is 9.64 Å². The average molecular weight is 264 g/mol. The van der Waals surface area contributed by atoms with Gasteiger partial charge in [0, 0.05) is 30.5 Å². The summed E-state index contributed by atoms with van der Waals surface area (Å²) >= 11 is 0. The van der Waals surface area contributed by atoms with Gasteiger partial charge in [0.15, 0.2) is 0 Å². The van der Waals surface area contributed by atoms with Crippen molar-refractivity contribution in [2.45, 2.75) is 33.2 Å². The first-order chi connectivity index (χ1) is 9.06. The van der Waals surface area contributed by atoms with Crippen LogP contribution in [0.15, 0.2) is 24.5 Å². The molecular formula is C14H20N2O3. The lowest BCUT2D eigenvalue weighted by molar-refractivity contribution is -0.143. The van der Waals surface area contributed by atoms with Crippen LogP contribution in [0.4, 0.5) is 0 Å². The van der Waals surface area contributed by atoms with Crippen molar-refractivity contribution < 1.29 is 14.3 Å². The highest BCUT2D eigenvalue weighted by Crippen LogP contribution is 2.08. The van der Waals surface area contributed by atoms with Crippen LogP contribution in [0.2, 0.25) is 0 Å². The van der Waals surface area contributed by atoms with Crippen molar-refractivity contribution in [3.8, 4) is 0 Å². The zero-order chi connectivity index (χ0) is 14.3. The number of hydrogen-bond donors (Lipinski definition) is 0. The minimum Gasteiger partial charge on any atom is -0.466 e. The minimum atomic E-state index is -0.282. The summed E-state index contributed by atoms with van der Waals surface area (Å²) in [5, 5.41) is 0. The Morgan fingerprint density at radius 1 is 1.32 bits per heavy atom. The lowest BCUT2D eigenvalue weighted by atomic mass is 10.2. The molecular weight excluding hydrogens is 244 g/mol. The van der Waals surface area contributed by atoms with Gasteiger partial charge in [-0.3, -0.25) is 14.6 Å². The fourth-order valence-corrected chi connectivity index (χ4v) is 1.70. The molecule has 0 aliphatic rings. The van der Waals surface area contributed by atoms with Gasteiger partial charge in [0.05, 0.1) is 13.0 Å². The van der Waals surface area contributed by atoms with E-state index in [9.17, 15) is 9.59 Å². The van der Waals surface area contributed by atoms with Crippen LogP contribution in [-0.2, 0) is 9.53 Å². The van der Waals surface area contributed by atoms with Crippen molar-refractivity contribution in [3.05, 3.63) is 30.1 Å². The third-order valence-electron chi connectivity index (χ3n) is 2.67. The Morgan fingerprint density at radius 3 is 2.47 bits per heavy atom. The van der Waals surface area contributed by atoms with Gasteiger partial charge in [-0.2, -0.15) is 0 Å². The highest BCUT2D eigenvalue weighted by atomic mass is 16.5. The number of pyridine rings is 1. The van der Waals surface area contributed by atoms with Crippen molar-refractivity contribution in [1.29, 1.82) is 0 Å². The Hall–Kier alpha value is -1.91. The maximum absolute atomic E-state index is 12.3. The Bertz CT molecular complexity index is 418. The Labute approximate surface area is 113 Å². The van der Waals surface area contributed by atoms with Crippen LogP contribution in [0.25, 0.3) is 0 Å². The van der Waals surface area contributed by atoms with Gasteiger partial charge in [0.25, 0.3) is 5.91 Å². The highest BCUT2D eigenvalue weighted by Gasteiger charge is 2.19. The zero-order valence-corrected chi connectivity index (χ0v) is 11.6. The third kappa shape index (κ3) is 4.69. The minimum absolute atomic E-state index is 0.0232. The van der Waals surface area contributed by atoms with E-state index in [2.05, 4.69) is 4.98 Å². The number of esters is 1. The predicted octanol–water partition coefficient (Wildman–Crippen LogP) is 1.89. The Kier molecular flexibility index (Phi) is 5.99. The maximum Gasteiger partial charge on any atom is 0.307 e. The molecule has 0 radical (unpaired) electrons. The first-order valence-electron chi connectivity index (χ1n) is 6.42. The molecule has 0 N–H and O–H groups in total. The van der Waals surface area contributed by atoms with Crippen LogP contribution in [0.1, 0.15) is 37.6 Å². The van der Waals surface area contributed by atoms with Gasteiger partial charge in [-0.15, -0.1) is 0 Å². The average Bonchev–Trinajstić information content (AvgIpc) is 2.39. The molecule has 19 heavy (non-hydrogen) atoms. The summed E-state index contributed by atoms with van der Waals surface area (Å²) in [6.45, 7) is 6.32. The van der Waals surface area contributed by atoms with E-state index in [4.69, 9.17) is 4.74 Å². The van der Waals surface area contributed by atoms with Crippen molar-refractivity contribution in [1.82, 2.24) is 9.88 Å². The van der Waals surface area contributed by atoms with Gasteiger partial charge in [-0.25, -0.2) is 0 Å². The van der Waals surface area contributed by atoms with E-state index in [-0.39, 0.29) is 24.3 Å².